The van der Waals surface area contributed by atoms with E-state index in [2.05, 4.69) is 52.7 Å². The van der Waals surface area contributed by atoms with Gasteiger partial charge >= 0.3 is 6.03 Å². The Morgan fingerprint density at radius 2 is 1.75 bits per heavy atom. The number of ether oxygens (including phenoxy) is 1. The number of carbonyl (C=O) groups is 2. The van der Waals surface area contributed by atoms with Gasteiger partial charge in [0.05, 0.1) is 12.6 Å². The lowest BCUT2D eigenvalue weighted by Gasteiger charge is -2.38. The molecule has 1 aliphatic heterocycles. The van der Waals surface area contributed by atoms with E-state index >= 15 is 0 Å². The number of anilines is 1. The first-order valence-electron chi connectivity index (χ1n) is 14.5. The molecule has 1 aliphatic carbocycles. The van der Waals surface area contributed by atoms with Crippen molar-refractivity contribution >= 4 is 34.3 Å². The highest BCUT2D eigenvalue weighted by molar-refractivity contribution is 5.89. The third-order valence-electron chi connectivity index (χ3n) is 8.58. The Morgan fingerprint density at radius 1 is 1.05 bits per heavy atom. The van der Waals surface area contributed by atoms with Crippen LogP contribution in [0.4, 0.5) is 10.5 Å². The fourth-order valence-corrected chi connectivity index (χ4v) is 6.34. The van der Waals surface area contributed by atoms with Crippen molar-refractivity contribution in [3.63, 3.8) is 0 Å². The predicted molar refractivity (Wildman–Crippen MR) is 160 cm³/mol. The molecule has 3 amide bonds. The number of aromatic nitrogens is 1. The molecule has 0 radical (unpaired) electrons. The van der Waals surface area contributed by atoms with Crippen molar-refractivity contribution in [2.75, 3.05) is 25.0 Å². The van der Waals surface area contributed by atoms with E-state index in [-0.39, 0.29) is 29.9 Å². The summed E-state index contributed by atoms with van der Waals surface area (Å²) in [5, 5.41) is 7.91. The summed E-state index contributed by atoms with van der Waals surface area (Å²) >= 11 is 0. The van der Waals surface area contributed by atoms with Crippen molar-refractivity contribution in [1.29, 1.82) is 0 Å². The number of H-pyrrole nitrogens is 1. The molecule has 1 saturated heterocycles. The number of carbonyl (C=O) groups excluding carboxylic acids is 2. The highest BCUT2D eigenvalue weighted by atomic mass is 16.5. The third kappa shape index (κ3) is 6.33. The Kier molecular flexibility index (Phi) is 8.75. The Labute approximate surface area is 236 Å². The zero-order valence-electron chi connectivity index (χ0n) is 23.3. The van der Waals surface area contributed by atoms with Crippen LogP contribution in [-0.2, 0) is 9.53 Å². The minimum absolute atomic E-state index is 0.122. The van der Waals surface area contributed by atoms with Crippen molar-refractivity contribution in [3.8, 4) is 0 Å². The Bertz CT molecular complexity index is 1320. The summed E-state index contributed by atoms with van der Waals surface area (Å²) < 4.78 is 5.44. The Balaban J connectivity index is 1.10. The van der Waals surface area contributed by atoms with Crippen LogP contribution in [0.25, 0.3) is 16.7 Å². The molecule has 8 nitrogen and oxygen atoms in total. The minimum atomic E-state index is -0.370. The Morgan fingerprint density at radius 3 is 2.42 bits per heavy atom. The van der Waals surface area contributed by atoms with Gasteiger partial charge in [-0.1, -0.05) is 24.8 Å². The van der Waals surface area contributed by atoms with Crippen molar-refractivity contribution in [3.05, 3.63) is 72.4 Å². The molecule has 2 heterocycles. The number of aromatic amines is 1. The summed E-state index contributed by atoms with van der Waals surface area (Å²) in [6, 6.07) is 15.7. The topological polar surface area (TPSA) is 112 Å². The standard InChI is InChI=1S/C32H41N5O3/c1-3-40-21(2)22-8-12-26(13-9-22)36-32(39)37-18-16-24(17-19-37)30(31(33)38)35-25-14-10-23(11-15-25)28-20-34-29-7-5-4-6-27(28)29/h4-9,12-13,20,23-25,30,34-35H,2-3,10-11,14-19H2,1H3,(H2,33,38)(H,36,39). The molecule has 8 heteroatoms. The number of fused-ring (bicyclic) bond motifs is 1. The molecule has 2 aromatic carbocycles. The van der Waals surface area contributed by atoms with E-state index in [1.807, 2.05) is 36.1 Å². The maximum atomic E-state index is 12.9. The van der Waals surface area contributed by atoms with Gasteiger partial charge < -0.3 is 31.0 Å². The van der Waals surface area contributed by atoms with E-state index in [1.165, 1.54) is 16.5 Å². The van der Waals surface area contributed by atoms with Crippen LogP contribution in [0.15, 0.2) is 61.3 Å². The number of para-hydroxylation sites is 1. The molecule has 2 aliphatic rings. The largest absolute Gasteiger partial charge is 0.494 e. The van der Waals surface area contributed by atoms with Gasteiger partial charge in [0.15, 0.2) is 0 Å². The summed E-state index contributed by atoms with van der Waals surface area (Å²) in [6.07, 6.45) is 7.86. The number of benzene rings is 2. The van der Waals surface area contributed by atoms with Crippen molar-refractivity contribution in [1.82, 2.24) is 15.2 Å². The lowest BCUT2D eigenvalue weighted by Crippen LogP contribution is -2.54. The number of urea groups is 1. The second-order valence-electron chi connectivity index (χ2n) is 11.1. The van der Waals surface area contributed by atoms with Gasteiger partial charge in [-0.2, -0.15) is 0 Å². The van der Waals surface area contributed by atoms with Crippen LogP contribution in [0.3, 0.4) is 0 Å². The molecular weight excluding hydrogens is 502 g/mol. The third-order valence-corrected chi connectivity index (χ3v) is 8.58. The molecule has 0 spiro atoms. The first-order chi connectivity index (χ1) is 19.4. The zero-order chi connectivity index (χ0) is 28.1. The van der Waals surface area contributed by atoms with Gasteiger partial charge in [0.1, 0.15) is 5.76 Å². The first kappa shape index (κ1) is 27.8. The number of likely N-dealkylation sites (tertiary alicyclic amines) is 1. The van der Waals surface area contributed by atoms with Gasteiger partial charge in [-0.25, -0.2) is 4.79 Å². The molecule has 0 bridgehead atoms. The molecule has 1 saturated carbocycles. The highest BCUT2D eigenvalue weighted by Gasteiger charge is 2.34. The van der Waals surface area contributed by atoms with Gasteiger partial charge in [-0.15, -0.1) is 0 Å². The number of rotatable bonds is 9. The maximum absolute atomic E-state index is 12.9. The quantitative estimate of drug-likeness (QED) is 0.264. The molecule has 1 atom stereocenters. The fraction of sp³-hybridized carbons (Fsp3) is 0.438. The van der Waals surface area contributed by atoms with Crippen LogP contribution in [0, 0.1) is 5.92 Å². The molecule has 5 rings (SSSR count). The number of nitrogens with one attached hydrogen (secondary N) is 3. The van der Waals surface area contributed by atoms with Crippen LogP contribution >= 0.6 is 0 Å². The summed E-state index contributed by atoms with van der Waals surface area (Å²) in [6.45, 7) is 7.58. The predicted octanol–water partition coefficient (Wildman–Crippen LogP) is 5.59. The van der Waals surface area contributed by atoms with E-state index in [0.29, 0.717) is 31.4 Å². The summed E-state index contributed by atoms with van der Waals surface area (Å²) in [5.41, 5.74) is 10.1. The molecule has 1 unspecified atom stereocenters. The average molecular weight is 544 g/mol. The summed E-state index contributed by atoms with van der Waals surface area (Å²) in [7, 11) is 0. The number of amides is 3. The van der Waals surface area contributed by atoms with E-state index in [1.54, 1.807) is 0 Å². The minimum Gasteiger partial charge on any atom is -0.494 e. The average Bonchev–Trinajstić information content (AvgIpc) is 3.41. The van der Waals surface area contributed by atoms with Gasteiger partial charge in [0.2, 0.25) is 5.91 Å². The molecule has 2 fully saturated rings. The lowest BCUT2D eigenvalue weighted by atomic mass is 9.80. The van der Waals surface area contributed by atoms with Gasteiger partial charge in [-0.05, 0) is 93.2 Å². The molecular formula is C32H41N5O3. The zero-order valence-corrected chi connectivity index (χ0v) is 23.3. The molecule has 1 aromatic heterocycles. The Hall–Kier alpha value is -3.78. The van der Waals surface area contributed by atoms with Crippen LogP contribution in [-0.4, -0.2) is 53.6 Å². The second kappa shape index (κ2) is 12.6. The fourth-order valence-electron chi connectivity index (χ4n) is 6.34. The number of hydrogen-bond donors (Lipinski definition) is 4. The van der Waals surface area contributed by atoms with Gasteiger partial charge in [0, 0.05) is 47.5 Å². The SMILES string of the molecule is C=C(OCC)c1ccc(NC(=O)N2CCC(C(NC3CCC(c4c[nH]c5ccccc45)CC3)C(N)=O)CC2)cc1. The van der Waals surface area contributed by atoms with Gasteiger partial charge in [0.25, 0.3) is 0 Å². The maximum Gasteiger partial charge on any atom is 0.321 e. The van der Waals surface area contributed by atoms with Crippen LogP contribution < -0.4 is 16.4 Å². The molecule has 5 N–H and O–H groups in total. The van der Waals surface area contributed by atoms with Gasteiger partial charge in [-0.3, -0.25) is 4.79 Å². The highest BCUT2D eigenvalue weighted by Crippen LogP contribution is 2.37. The van der Waals surface area contributed by atoms with Crippen molar-refractivity contribution in [2.24, 2.45) is 11.7 Å². The van der Waals surface area contributed by atoms with E-state index in [0.717, 1.165) is 49.8 Å². The number of hydrogen-bond acceptors (Lipinski definition) is 4. The number of primary amides is 1. The van der Waals surface area contributed by atoms with E-state index in [9.17, 15) is 9.59 Å². The van der Waals surface area contributed by atoms with Crippen LogP contribution in [0.1, 0.15) is 62.5 Å². The van der Waals surface area contributed by atoms with Crippen LogP contribution in [0.2, 0.25) is 0 Å². The van der Waals surface area contributed by atoms with E-state index in [4.69, 9.17) is 10.5 Å². The molecule has 3 aromatic rings. The number of nitrogens with zero attached hydrogens (tertiary/aromatic N) is 1. The van der Waals surface area contributed by atoms with Crippen molar-refractivity contribution in [2.45, 2.75) is 63.5 Å². The second-order valence-corrected chi connectivity index (χ2v) is 11.1. The normalized spacial score (nSPS) is 20.7. The van der Waals surface area contributed by atoms with Crippen LogP contribution in [0.5, 0.6) is 0 Å². The first-order valence-corrected chi connectivity index (χ1v) is 14.5. The molecule has 40 heavy (non-hydrogen) atoms. The molecule has 212 valence electrons. The summed E-state index contributed by atoms with van der Waals surface area (Å²) in [5.74, 6) is 0.970. The summed E-state index contributed by atoms with van der Waals surface area (Å²) in [4.78, 5) is 30.6. The smallest absolute Gasteiger partial charge is 0.321 e. The van der Waals surface area contributed by atoms with E-state index < -0.39 is 0 Å². The lowest BCUT2D eigenvalue weighted by molar-refractivity contribution is -0.122. The number of piperidine rings is 1. The number of nitrogens with two attached hydrogens (primary N) is 1. The monoisotopic (exact) mass is 543 g/mol. The van der Waals surface area contributed by atoms with Crippen molar-refractivity contribution < 1.29 is 14.3 Å².